The number of fused-ring (bicyclic) bond motifs is 1. The quantitative estimate of drug-likeness (QED) is 0.836. The molecular weight excluding hydrogens is 234 g/mol. The lowest BCUT2D eigenvalue weighted by Gasteiger charge is -2.41. The standard InChI is InChI=1S/C17H25NO/c1-11-8-13(3)18(10-11)16-9-12(2)14-6-4-5-7-15(14)17(16)19/h4-7,11-13,16-17,19H,8-10H2,1-3H3. The number of likely N-dealkylation sites (tertiary alicyclic amines) is 1. The minimum Gasteiger partial charge on any atom is -0.387 e. The van der Waals surface area contributed by atoms with Crippen LogP contribution in [0.3, 0.4) is 0 Å². The molecule has 0 spiro atoms. The zero-order valence-corrected chi connectivity index (χ0v) is 12.2. The average molecular weight is 259 g/mol. The van der Waals surface area contributed by atoms with Crippen LogP contribution in [0.5, 0.6) is 0 Å². The summed E-state index contributed by atoms with van der Waals surface area (Å²) >= 11 is 0. The van der Waals surface area contributed by atoms with Crippen molar-refractivity contribution in [3.8, 4) is 0 Å². The first-order valence-corrected chi connectivity index (χ1v) is 7.60. The van der Waals surface area contributed by atoms with Crippen LogP contribution in [0.2, 0.25) is 0 Å². The third-order valence-corrected chi connectivity index (χ3v) is 5.06. The number of hydrogen-bond donors (Lipinski definition) is 1. The minimum atomic E-state index is -0.319. The molecule has 0 aromatic heterocycles. The molecule has 19 heavy (non-hydrogen) atoms. The highest BCUT2D eigenvalue weighted by Gasteiger charge is 2.40. The van der Waals surface area contributed by atoms with Crippen molar-refractivity contribution in [2.24, 2.45) is 5.92 Å². The number of nitrogens with zero attached hydrogens (tertiary/aromatic N) is 1. The lowest BCUT2D eigenvalue weighted by atomic mass is 9.78. The van der Waals surface area contributed by atoms with E-state index in [0.29, 0.717) is 18.0 Å². The molecule has 104 valence electrons. The van der Waals surface area contributed by atoms with Gasteiger partial charge in [-0.15, -0.1) is 0 Å². The van der Waals surface area contributed by atoms with Crippen molar-refractivity contribution < 1.29 is 5.11 Å². The third-order valence-electron chi connectivity index (χ3n) is 5.06. The summed E-state index contributed by atoms with van der Waals surface area (Å²) in [4.78, 5) is 2.54. The van der Waals surface area contributed by atoms with Gasteiger partial charge >= 0.3 is 0 Å². The first kappa shape index (κ1) is 13.1. The fraction of sp³-hybridized carbons (Fsp3) is 0.647. The van der Waals surface area contributed by atoms with Crippen molar-refractivity contribution in [3.63, 3.8) is 0 Å². The average Bonchev–Trinajstić information content (AvgIpc) is 2.73. The summed E-state index contributed by atoms with van der Waals surface area (Å²) in [6.45, 7) is 8.06. The van der Waals surface area contributed by atoms with Crippen molar-refractivity contribution in [2.75, 3.05) is 6.54 Å². The third kappa shape index (κ3) is 2.21. The molecule has 2 nitrogen and oxygen atoms in total. The normalized spacial score (nSPS) is 39.3. The van der Waals surface area contributed by atoms with Crippen molar-refractivity contribution in [3.05, 3.63) is 35.4 Å². The molecule has 1 aliphatic carbocycles. The van der Waals surface area contributed by atoms with E-state index < -0.39 is 0 Å². The lowest BCUT2D eigenvalue weighted by molar-refractivity contribution is 0.0264. The van der Waals surface area contributed by atoms with E-state index in [2.05, 4.69) is 43.9 Å². The molecule has 1 heterocycles. The van der Waals surface area contributed by atoms with Gasteiger partial charge in [-0.05, 0) is 42.7 Å². The maximum atomic E-state index is 10.8. The number of benzene rings is 1. The molecule has 0 amide bonds. The first-order chi connectivity index (χ1) is 9.08. The predicted molar refractivity (Wildman–Crippen MR) is 78.2 cm³/mol. The van der Waals surface area contributed by atoms with Crippen LogP contribution in [-0.4, -0.2) is 28.6 Å². The van der Waals surface area contributed by atoms with Gasteiger partial charge in [-0.3, -0.25) is 4.90 Å². The Kier molecular flexibility index (Phi) is 3.40. The second kappa shape index (κ2) is 4.92. The monoisotopic (exact) mass is 259 g/mol. The van der Waals surface area contributed by atoms with Crippen LogP contribution >= 0.6 is 0 Å². The second-order valence-electron chi connectivity index (χ2n) is 6.66. The van der Waals surface area contributed by atoms with Gasteiger partial charge < -0.3 is 5.11 Å². The molecule has 1 saturated heterocycles. The summed E-state index contributed by atoms with van der Waals surface area (Å²) in [6.07, 6.45) is 2.02. The Balaban J connectivity index is 1.90. The van der Waals surface area contributed by atoms with E-state index in [1.165, 1.54) is 12.0 Å². The lowest BCUT2D eigenvalue weighted by Crippen LogP contribution is -2.44. The summed E-state index contributed by atoms with van der Waals surface area (Å²) < 4.78 is 0. The number of hydrogen-bond acceptors (Lipinski definition) is 2. The van der Waals surface area contributed by atoms with Crippen LogP contribution in [-0.2, 0) is 0 Å². The summed E-state index contributed by atoms with van der Waals surface area (Å²) in [5.74, 6) is 1.31. The molecule has 0 saturated carbocycles. The van der Waals surface area contributed by atoms with Gasteiger partial charge in [-0.25, -0.2) is 0 Å². The van der Waals surface area contributed by atoms with E-state index in [4.69, 9.17) is 0 Å². The Morgan fingerprint density at radius 3 is 2.37 bits per heavy atom. The van der Waals surface area contributed by atoms with E-state index >= 15 is 0 Å². The molecule has 3 rings (SSSR count). The van der Waals surface area contributed by atoms with Crippen molar-refractivity contribution in [1.82, 2.24) is 4.90 Å². The maximum Gasteiger partial charge on any atom is 0.0948 e. The fourth-order valence-electron chi connectivity index (χ4n) is 4.17. The minimum absolute atomic E-state index is 0.296. The zero-order valence-electron chi connectivity index (χ0n) is 12.2. The van der Waals surface area contributed by atoms with Gasteiger partial charge in [0.05, 0.1) is 6.10 Å². The molecule has 0 radical (unpaired) electrons. The number of rotatable bonds is 1. The van der Waals surface area contributed by atoms with Crippen LogP contribution in [0.15, 0.2) is 24.3 Å². The molecule has 2 aliphatic rings. The molecule has 1 N–H and O–H groups in total. The van der Waals surface area contributed by atoms with E-state index in [9.17, 15) is 5.11 Å². The number of aliphatic hydroxyl groups excluding tert-OH is 1. The SMILES string of the molecule is CC1CC(C)N(C2CC(C)c3ccccc3C2O)C1. The fourth-order valence-corrected chi connectivity index (χ4v) is 4.17. The highest BCUT2D eigenvalue weighted by Crippen LogP contribution is 2.42. The van der Waals surface area contributed by atoms with Gasteiger partial charge in [0, 0.05) is 18.6 Å². The van der Waals surface area contributed by atoms with Crippen LogP contribution in [0.25, 0.3) is 0 Å². The molecular formula is C17H25NO. The van der Waals surface area contributed by atoms with Crippen LogP contribution in [0.1, 0.15) is 56.8 Å². The van der Waals surface area contributed by atoms with Gasteiger partial charge in [-0.1, -0.05) is 38.1 Å². The van der Waals surface area contributed by atoms with Gasteiger partial charge in [-0.2, -0.15) is 0 Å². The van der Waals surface area contributed by atoms with Crippen LogP contribution < -0.4 is 0 Å². The van der Waals surface area contributed by atoms with E-state index in [1.807, 2.05) is 6.07 Å². The molecule has 1 aromatic rings. The highest BCUT2D eigenvalue weighted by atomic mass is 16.3. The highest BCUT2D eigenvalue weighted by molar-refractivity contribution is 5.35. The molecule has 5 atom stereocenters. The summed E-state index contributed by atoms with van der Waals surface area (Å²) in [7, 11) is 0. The molecule has 1 aromatic carbocycles. The van der Waals surface area contributed by atoms with Crippen molar-refractivity contribution >= 4 is 0 Å². The first-order valence-electron chi connectivity index (χ1n) is 7.60. The Morgan fingerprint density at radius 2 is 1.74 bits per heavy atom. The Bertz CT molecular complexity index is 458. The second-order valence-corrected chi connectivity index (χ2v) is 6.66. The molecule has 1 fully saturated rings. The Morgan fingerprint density at radius 1 is 1.05 bits per heavy atom. The van der Waals surface area contributed by atoms with Gasteiger partial charge in [0.2, 0.25) is 0 Å². The van der Waals surface area contributed by atoms with E-state index in [1.54, 1.807) is 0 Å². The summed E-state index contributed by atoms with van der Waals surface area (Å²) in [5.41, 5.74) is 2.49. The summed E-state index contributed by atoms with van der Waals surface area (Å²) in [5, 5.41) is 10.8. The predicted octanol–water partition coefficient (Wildman–Crippen LogP) is 3.33. The van der Waals surface area contributed by atoms with Gasteiger partial charge in [0.25, 0.3) is 0 Å². The molecule has 5 unspecified atom stereocenters. The largest absolute Gasteiger partial charge is 0.387 e. The van der Waals surface area contributed by atoms with Crippen LogP contribution in [0.4, 0.5) is 0 Å². The Labute approximate surface area is 116 Å². The number of aliphatic hydroxyl groups is 1. The molecule has 0 bridgehead atoms. The zero-order chi connectivity index (χ0) is 13.6. The summed E-state index contributed by atoms with van der Waals surface area (Å²) in [6, 6.07) is 9.32. The van der Waals surface area contributed by atoms with E-state index in [-0.39, 0.29) is 6.10 Å². The maximum absolute atomic E-state index is 10.8. The smallest absolute Gasteiger partial charge is 0.0948 e. The topological polar surface area (TPSA) is 23.5 Å². The van der Waals surface area contributed by atoms with Gasteiger partial charge in [0.1, 0.15) is 0 Å². The Hall–Kier alpha value is -0.860. The van der Waals surface area contributed by atoms with Crippen LogP contribution in [0, 0.1) is 5.92 Å². The van der Waals surface area contributed by atoms with E-state index in [0.717, 1.165) is 24.4 Å². The molecule has 1 aliphatic heterocycles. The van der Waals surface area contributed by atoms with Gasteiger partial charge in [0.15, 0.2) is 0 Å². The van der Waals surface area contributed by atoms with Crippen molar-refractivity contribution in [1.29, 1.82) is 0 Å². The molecule has 2 heteroatoms. The van der Waals surface area contributed by atoms with Crippen molar-refractivity contribution in [2.45, 2.75) is 57.7 Å².